The first-order valence-corrected chi connectivity index (χ1v) is 9.48. The Kier molecular flexibility index (Phi) is 7.16. The van der Waals surface area contributed by atoms with Crippen LogP contribution in [0.4, 0.5) is 0 Å². The first-order chi connectivity index (χ1) is 14.6. The standard InChI is InChI=1S/C24H25NO5/c1-27-19-11-9-17(10-12-19)15-25-24(26)23-21(29-3)13-20(28-2)14-22(23)30-16-18-7-5-4-6-8-18/h4-14H,15-16H2,1-3H3,(H,25,26). The largest absolute Gasteiger partial charge is 0.497 e. The molecule has 0 radical (unpaired) electrons. The Morgan fingerprint density at radius 3 is 2.07 bits per heavy atom. The van der Waals surface area contributed by atoms with E-state index in [9.17, 15) is 4.79 Å². The van der Waals surface area contributed by atoms with Gasteiger partial charge in [0.05, 0.1) is 21.3 Å². The highest BCUT2D eigenvalue weighted by Gasteiger charge is 2.21. The smallest absolute Gasteiger partial charge is 0.259 e. The highest BCUT2D eigenvalue weighted by molar-refractivity contribution is 6.00. The molecule has 0 aromatic heterocycles. The summed E-state index contributed by atoms with van der Waals surface area (Å²) in [5.41, 5.74) is 2.26. The van der Waals surface area contributed by atoms with Crippen LogP contribution in [0.25, 0.3) is 0 Å². The molecule has 0 atom stereocenters. The Morgan fingerprint density at radius 1 is 0.767 bits per heavy atom. The van der Waals surface area contributed by atoms with Crippen LogP contribution in [0.1, 0.15) is 21.5 Å². The molecule has 0 unspecified atom stereocenters. The van der Waals surface area contributed by atoms with Crippen molar-refractivity contribution in [3.05, 3.63) is 83.4 Å². The molecular weight excluding hydrogens is 382 g/mol. The molecule has 0 bridgehead atoms. The molecule has 1 amide bonds. The van der Waals surface area contributed by atoms with Gasteiger partial charge in [0.15, 0.2) is 0 Å². The second-order valence-corrected chi connectivity index (χ2v) is 6.51. The fourth-order valence-electron chi connectivity index (χ4n) is 2.93. The number of nitrogens with one attached hydrogen (secondary N) is 1. The molecule has 1 N–H and O–H groups in total. The van der Waals surface area contributed by atoms with Gasteiger partial charge in [-0.15, -0.1) is 0 Å². The molecule has 30 heavy (non-hydrogen) atoms. The van der Waals surface area contributed by atoms with Crippen LogP contribution in [0.3, 0.4) is 0 Å². The third kappa shape index (κ3) is 5.23. The maximum atomic E-state index is 13.0. The number of carbonyl (C=O) groups is 1. The molecule has 3 aromatic carbocycles. The molecule has 3 rings (SSSR count). The monoisotopic (exact) mass is 407 g/mol. The van der Waals surface area contributed by atoms with Gasteiger partial charge in [0, 0.05) is 18.7 Å². The number of hydrogen-bond acceptors (Lipinski definition) is 5. The van der Waals surface area contributed by atoms with Crippen LogP contribution in [-0.4, -0.2) is 27.2 Å². The van der Waals surface area contributed by atoms with E-state index in [1.54, 1.807) is 26.4 Å². The van der Waals surface area contributed by atoms with Crippen molar-refractivity contribution in [1.82, 2.24) is 5.32 Å². The lowest BCUT2D eigenvalue weighted by Crippen LogP contribution is -2.24. The van der Waals surface area contributed by atoms with Gasteiger partial charge in [0.2, 0.25) is 0 Å². The summed E-state index contributed by atoms with van der Waals surface area (Å²) in [6.07, 6.45) is 0. The van der Waals surface area contributed by atoms with Crippen molar-refractivity contribution in [3.8, 4) is 23.0 Å². The Balaban J connectivity index is 1.81. The van der Waals surface area contributed by atoms with E-state index >= 15 is 0 Å². The van der Waals surface area contributed by atoms with E-state index in [0.717, 1.165) is 16.9 Å². The lowest BCUT2D eigenvalue weighted by molar-refractivity contribution is 0.0943. The molecule has 0 heterocycles. The van der Waals surface area contributed by atoms with Crippen LogP contribution in [0, 0.1) is 0 Å². The molecular formula is C24H25NO5. The minimum atomic E-state index is -0.298. The third-order valence-corrected chi connectivity index (χ3v) is 4.57. The van der Waals surface area contributed by atoms with Crippen molar-refractivity contribution in [1.29, 1.82) is 0 Å². The second-order valence-electron chi connectivity index (χ2n) is 6.51. The molecule has 6 nitrogen and oxygen atoms in total. The Morgan fingerprint density at radius 2 is 1.43 bits per heavy atom. The average molecular weight is 407 g/mol. The summed E-state index contributed by atoms with van der Waals surface area (Å²) in [7, 11) is 4.68. The molecule has 6 heteroatoms. The summed E-state index contributed by atoms with van der Waals surface area (Å²) in [5, 5.41) is 2.92. The van der Waals surface area contributed by atoms with Gasteiger partial charge >= 0.3 is 0 Å². The van der Waals surface area contributed by atoms with Crippen molar-refractivity contribution < 1.29 is 23.7 Å². The van der Waals surface area contributed by atoms with Crippen molar-refractivity contribution in [2.45, 2.75) is 13.2 Å². The van der Waals surface area contributed by atoms with Gasteiger partial charge in [-0.25, -0.2) is 0 Å². The van der Waals surface area contributed by atoms with Crippen LogP contribution in [0.2, 0.25) is 0 Å². The zero-order chi connectivity index (χ0) is 21.3. The van der Waals surface area contributed by atoms with Crippen molar-refractivity contribution in [3.63, 3.8) is 0 Å². The molecule has 0 aliphatic rings. The lowest BCUT2D eigenvalue weighted by atomic mass is 10.1. The molecule has 3 aromatic rings. The van der Waals surface area contributed by atoms with E-state index in [1.807, 2.05) is 54.6 Å². The second kappa shape index (κ2) is 10.2. The Labute approximate surface area is 176 Å². The molecule has 0 spiro atoms. The van der Waals surface area contributed by atoms with E-state index < -0.39 is 0 Å². The van der Waals surface area contributed by atoms with Crippen LogP contribution in [0.5, 0.6) is 23.0 Å². The summed E-state index contributed by atoms with van der Waals surface area (Å²) < 4.78 is 21.9. The molecule has 0 fully saturated rings. The maximum absolute atomic E-state index is 13.0. The quantitative estimate of drug-likeness (QED) is 0.575. The zero-order valence-electron chi connectivity index (χ0n) is 17.3. The number of ether oxygens (including phenoxy) is 4. The molecule has 0 saturated heterocycles. The molecule has 0 saturated carbocycles. The first-order valence-electron chi connectivity index (χ1n) is 9.48. The topological polar surface area (TPSA) is 66.0 Å². The van der Waals surface area contributed by atoms with Gasteiger partial charge in [0.25, 0.3) is 5.91 Å². The van der Waals surface area contributed by atoms with Gasteiger partial charge in [-0.3, -0.25) is 4.79 Å². The normalized spacial score (nSPS) is 10.2. The average Bonchev–Trinajstić information content (AvgIpc) is 2.81. The number of benzene rings is 3. The zero-order valence-corrected chi connectivity index (χ0v) is 17.3. The van der Waals surface area contributed by atoms with Crippen LogP contribution in [-0.2, 0) is 13.2 Å². The Bertz CT molecular complexity index is 971. The van der Waals surface area contributed by atoms with E-state index in [2.05, 4.69) is 5.32 Å². The maximum Gasteiger partial charge on any atom is 0.259 e. The van der Waals surface area contributed by atoms with E-state index in [0.29, 0.717) is 36.0 Å². The van der Waals surface area contributed by atoms with Crippen molar-refractivity contribution in [2.24, 2.45) is 0 Å². The third-order valence-electron chi connectivity index (χ3n) is 4.57. The van der Waals surface area contributed by atoms with Gasteiger partial charge < -0.3 is 24.3 Å². The van der Waals surface area contributed by atoms with Crippen LogP contribution in [0.15, 0.2) is 66.7 Å². The summed E-state index contributed by atoms with van der Waals surface area (Å²) in [6.45, 7) is 0.673. The molecule has 156 valence electrons. The summed E-state index contributed by atoms with van der Waals surface area (Å²) in [5.74, 6) is 1.78. The molecule has 0 aliphatic carbocycles. The van der Waals surface area contributed by atoms with E-state index in [4.69, 9.17) is 18.9 Å². The number of methoxy groups -OCH3 is 3. The Hall–Kier alpha value is -3.67. The van der Waals surface area contributed by atoms with Gasteiger partial charge in [-0.05, 0) is 23.3 Å². The van der Waals surface area contributed by atoms with E-state index in [-0.39, 0.29) is 5.91 Å². The highest BCUT2D eigenvalue weighted by atomic mass is 16.5. The fraction of sp³-hybridized carbons (Fsp3) is 0.208. The number of carbonyl (C=O) groups excluding carboxylic acids is 1. The SMILES string of the molecule is COc1ccc(CNC(=O)c2c(OC)cc(OC)cc2OCc2ccccc2)cc1. The number of amides is 1. The van der Waals surface area contributed by atoms with Gasteiger partial charge in [-0.2, -0.15) is 0 Å². The predicted octanol–water partition coefficient (Wildman–Crippen LogP) is 4.22. The molecule has 0 aliphatic heterocycles. The van der Waals surface area contributed by atoms with Crippen LogP contribution < -0.4 is 24.3 Å². The van der Waals surface area contributed by atoms with Gasteiger partial charge in [-0.1, -0.05) is 42.5 Å². The summed E-state index contributed by atoms with van der Waals surface area (Å²) in [6, 6.07) is 20.6. The van der Waals surface area contributed by atoms with E-state index in [1.165, 1.54) is 7.11 Å². The lowest BCUT2D eigenvalue weighted by Gasteiger charge is -2.16. The predicted molar refractivity (Wildman–Crippen MR) is 114 cm³/mol. The highest BCUT2D eigenvalue weighted by Crippen LogP contribution is 2.34. The summed E-state index contributed by atoms with van der Waals surface area (Å²) in [4.78, 5) is 13.0. The van der Waals surface area contributed by atoms with Gasteiger partial charge in [0.1, 0.15) is 35.2 Å². The van der Waals surface area contributed by atoms with Crippen LogP contribution >= 0.6 is 0 Å². The van der Waals surface area contributed by atoms with Crippen molar-refractivity contribution >= 4 is 5.91 Å². The number of hydrogen-bond donors (Lipinski definition) is 1. The van der Waals surface area contributed by atoms with Crippen molar-refractivity contribution in [2.75, 3.05) is 21.3 Å². The fourth-order valence-corrected chi connectivity index (χ4v) is 2.93. The minimum Gasteiger partial charge on any atom is -0.497 e. The minimum absolute atomic E-state index is 0.298. The summed E-state index contributed by atoms with van der Waals surface area (Å²) >= 11 is 0. The first kappa shape index (κ1) is 21.0. The number of rotatable bonds is 9.